The van der Waals surface area contributed by atoms with E-state index in [4.69, 9.17) is 4.42 Å². The maximum atomic E-state index is 13.0. The van der Waals surface area contributed by atoms with Gasteiger partial charge >= 0.3 is 6.18 Å². The van der Waals surface area contributed by atoms with Gasteiger partial charge in [-0.15, -0.1) is 0 Å². The molecule has 0 spiro atoms. The van der Waals surface area contributed by atoms with Crippen LogP contribution >= 0.6 is 0 Å². The molecule has 0 unspecified atom stereocenters. The van der Waals surface area contributed by atoms with E-state index in [1.54, 1.807) is 12.3 Å². The van der Waals surface area contributed by atoms with Gasteiger partial charge in [0.2, 0.25) is 0 Å². The molecule has 0 saturated carbocycles. The third-order valence-corrected chi connectivity index (χ3v) is 6.54. The molecule has 0 amide bonds. The molecule has 4 rings (SSSR count). The molecule has 1 aliphatic rings. The van der Waals surface area contributed by atoms with Crippen molar-refractivity contribution in [3.8, 4) is 0 Å². The number of rotatable bonds is 6. The highest BCUT2D eigenvalue weighted by atomic mass is 19.4. The van der Waals surface area contributed by atoms with Crippen LogP contribution in [0.1, 0.15) is 35.1 Å². The van der Waals surface area contributed by atoms with E-state index in [2.05, 4.69) is 4.90 Å². The first-order valence-electron chi connectivity index (χ1n) is 11.4. The van der Waals surface area contributed by atoms with Crippen LogP contribution in [-0.4, -0.2) is 37.6 Å². The summed E-state index contributed by atoms with van der Waals surface area (Å²) in [5.41, 5.74) is 3.59. The summed E-state index contributed by atoms with van der Waals surface area (Å²) in [5.74, 6) is 0. The van der Waals surface area contributed by atoms with Crippen molar-refractivity contribution in [2.24, 2.45) is 0 Å². The molecule has 1 fully saturated rings. The summed E-state index contributed by atoms with van der Waals surface area (Å²) in [7, 11) is 0. The molecule has 0 aliphatic carbocycles. The Hall–Kier alpha value is -2.80. The summed E-state index contributed by atoms with van der Waals surface area (Å²) in [5, 5.41) is 0.640. The van der Waals surface area contributed by atoms with Gasteiger partial charge in [0.1, 0.15) is 5.58 Å². The molecular weight excluding hydrogens is 429 g/mol. The number of anilines is 1. The van der Waals surface area contributed by atoms with Crippen LogP contribution in [-0.2, 0) is 12.6 Å². The molecule has 3 aromatic rings. The molecule has 1 saturated heterocycles. The number of nitrogens with zero attached hydrogens (tertiary/aromatic N) is 2. The van der Waals surface area contributed by atoms with E-state index in [1.165, 1.54) is 12.1 Å². The Morgan fingerprint density at radius 1 is 0.970 bits per heavy atom. The van der Waals surface area contributed by atoms with E-state index in [9.17, 15) is 18.0 Å². The van der Waals surface area contributed by atoms with Crippen molar-refractivity contribution in [2.75, 3.05) is 37.6 Å². The van der Waals surface area contributed by atoms with Crippen molar-refractivity contribution in [1.29, 1.82) is 0 Å². The van der Waals surface area contributed by atoms with Crippen LogP contribution < -0.4 is 10.3 Å². The second-order valence-electron chi connectivity index (χ2n) is 8.86. The van der Waals surface area contributed by atoms with Gasteiger partial charge in [0.25, 0.3) is 0 Å². The first kappa shape index (κ1) is 23.4. The van der Waals surface area contributed by atoms with Gasteiger partial charge in [-0.2, -0.15) is 13.2 Å². The standard InChI is InChI=1S/C26H29F3N2O2/c1-18-14-23-24(15-19(18)2)33-17-20(25(23)32)6-3-4-9-30-10-12-31(13-11-30)22-8-5-7-21(16-22)26(27,28)29/h5,7-8,14-17H,3-4,6,9-13H2,1-2H3. The fourth-order valence-electron chi connectivity index (χ4n) is 4.36. The fraction of sp³-hybridized carbons (Fsp3) is 0.423. The molecular formula is C26H29F3N2O2. The van der Waals surface area contributed by atoms with Crippen molar-refractivity contribution in [1.82, 2.24) is 4.90 Å². The van der Waals surface area contributed by atoms with Crippen LogP contribution in [0.4, 0.5) is 18.9 Å². The number of piperazine rings is 1. The monoisotopic (exact) mass is 458 g/mol. The van der Waals surface area contributed by atoms with Crippen molar-refractivity contribution in [3.63, 3.8) is 0 Å². The molecule has 0 radical (unpaired) electrons. The molecule has 2 heterocycles. The van der Waals surface area contributed by atoms with Crippen molar-refractivity contribution >= 4 is 16.7 Å². The van der Waals surface area contributed by atoms with Gasteiger partial charge in [-0.1, -0.05) is 6.07 Å². The summed E-state index contributed by atoms with van der Waals surface area (Å²) in [6.07, 6.45) is -0.219. The normalized spacial score (nSPS) is 15.4. The Balaban J connectivity index is 1.26. The van der Waals surface area contributed by atoms with Crippen molar-refractivity contribution in [3.05, 3.63) is 75.1 Å². The fourth-order valence-corrected chi connectivity index (χ4v) is 4.36. The van der Waals surface area contributed by atoms with Crippen LogP contribution in [0.15, 0.2) is 51.9 Å². The minimum atomic E-state index is -4.32. The van der Waals surface area contributed by atoms with Crippen molar-refractivity contribution in [2.45, 2.75) is 39.3 Å². The quantitative estimate of drug-likeness (QED) is 0.453. The average Bonchev–Trinajstić information content (AvgIpc) is 2.79. The number of benzene rings is 2. The van der Waals surface area contributed by atoms with E-state index >= 15 is 0 Å². The highest BCUT2D eigenvalue weighted by molar-refractivity contribution is 5.78. The van der Waals surface area contributed by atoms with E-state index in [0.29, 0.717) is 41.7 Å². The zero-order chi connectivity index (χ0) is 23.6. The maximum Gasteiger partial charge on any atom is 0.416 e. The Bertz CT molecular complexity index is 1180. The van der Waals surface area contributed by atoms with Gasteiger partial charge in [0.15, 0.2) is 5.43 Å². The molecule has 33 heavy (non-hydrogen) atoms. The second kappa shape index (κ2) is 9.59. The van der Waals surface area contributed by atoms with E-state index in [1.807, 2.05) is 30.9 Å². The number of hydrogen-bond donors (Lipinski definition) is 0. The lowest BCUT2D eigenvalue weighted by molar-refractivity contribution is -0.137. The number of alkyl halides is 3. The van der Waals surface area contributed by atoms with Gasteiger partial charge in [0.05, 0.1) is 17.2 Å². The molecule has 2 aromatic carbocycles. The third kappa shape index (κ3) is 5.41. The predicted octanol–water partition coefficient (Wildman–Crippen LogP) is 5.57. The Morgan fingerprint density at radius 2 is 1.70 bits per heavy atom. The van der Waals surface area contributed by atoms with Crippen LogP contribution in [0, 0.1) is 13.8 Å². The number of halogens is 3. The van der Waals surface area contributed by atoms with Crippen LogP contribution in [0.5, 0.6) is 0 Å². The van der Waals surface area contributed by atoms with E-state index in [-0.39, 0.29) is 5.43 Å². The van der Waals surface area contributed by atoms with Gasteiger partial charge in [-0.3, -0.25) is 9.69 Å². The average molecular weight is 459 g/mol. The maximum absolute atomic E-state index is 13.0. The SMILES string of the molecule is Cc1cc2occ(CCCCN3CCN(c4cccc(C(F)(F)F)c4)CC3)c(=O)c2cc1C. The van der Waals surface area contributed by atoms with Gasteiger partial charge in [-0.05, 0) is 81.1 Å². The lowest BCUT2D eigenvalue weighted by atomic mass is 10.0. The summed E-state index contributed by atoms with van der Waals surface area (Å²) in [6, 6.07) is 9.36. The first-order chi connectivity index (χ1) is 15.7. The largest absolute Gasteiger partial charge is 0.464 e. The minimum absolute atomic E-state index is 0.0500. The van der Waals surface area contributed by atoms with Crippen molar-refractivity contribution < 1.29 is 17.6 Å². The summed E-state index contributed by atoms with van der Waals surface area (Å²) in [6.45, 7) is 7.94. The molecule has 176 valence electrons. The lowest BCUT2D eigenvalue weighted by Gasteiger charge is -2.36. The smallest absolute Gasteiger partial charge is 0.416 e. The minimum Gasteiger partial charge on any atom is -0.464 e. The highest BCUT2D eigenvalue weighted by Gasteiger charge is 2.31. The molecule has 0 atom stereocenters. The van der Waals surface area contributed by atoms with Gasteiger partial charge in [-0.25, -0.2) is 0 Å². The Labute approximate surface area is 191 Å². The molecule has 4 nitrogen and oxygen atoms in total. The highest BCUT2D eigenvalue weighted by Crippen LogP contribution is 2.32. The molecule has 7 heteroatoms. The third-order valence-electron chi connectivity index (χ3n) is 6.54. The molecule has 0 bridgehead atoms. The Kier molecular flexibility index (Phi) is 6.79. The lowest BCUT2D eigenvalue weighted by Crippen LogP contribution is -2.46. The molecule has 1 aliphatic heterocycles. The van der Waals surface area contributed by atoms with E-state index in [0.717, 1.165) is 49.7 Å². The van der Waals surface area contributed by atoms with Gasteiger partial charge in [0, 0.05) is 37.4 Å². The predicted molar refractivity (Wildman–Crippen MR) is 125 cm³/mol. The topological polar surface area (TPSA) is 36.7 Å². The summed E-state index contributed by atoms with van der Waals surface area (Å²) < 4.78 is 44.6. The van der Waals surface area contributed by atoms with Crippen LogP contribution in [0.2, 0.25) is 0 Å². The number of hydrogen-bond acceptors (Lipinski definition) is 4. The summed E-state index contributed by atoms with van der Waals surface area (Å²) >= 11 is 0. The van der Waals surface area contributed by atoms with Crippen LogP contribution in [0.3, 0.4) is 0 Å². The molecule has 1 aromatic heterocycles. The second-order valence-corrected chi connectivity index (χ2v) is 8.86. The first-order valence-corrected chi connectivity index (χ1v) is 11.4. The number of fused-ring (bicyclic) bond motifs is 1. The number of unbranched alkanes of at least 4 members (excludes halogenated alkanes) is 1. The van der Waals surface area contributed by atoms with Gasteiger partial charge < -0.3 is 9.32 Å². The number of aryl methyl sites for hydroxylation is 3. The zero-order valence-corrected chi connectivity index (χ0v) is 19.0. The van der Waals surface area contributed by atoms with Crippen LogP contribution in [0.25, 0.3) is 11.0 Å². The van der Waals surface area contributed by atoms with E-state index < -0.39 is 11.7 Å². The zero-order valence-electron chi connectivity index (χ0n) is 19.0. The Morgan fingerprint density at radius 3 is 2.42 bits per heavy atom. The summed E-state index contributed by atoms with van der Waals surface area (Å²) in [4.78, 5) is 17.1. The molecule has 0 N–H and O–H groups in total.